The molecule has 1 aromatic heterocycles. The molecule has 0 unspecified atom stereocenters. The van der Waals surface area contributed by atoms with Gasteiger partial charge in [-0.25, -0.2) is 0 Å². The molecule has 5 nitrogen and oxygen atoms in total. The van der Waals surface area contributed by atoms with Crippen LogP contribution in [0.15, 0.2) is 28.8 Å². The number of nitrogens with zero attached hydrogens (tertiary/aromatic N) is 3. The quantitative estimate of drug-likeness (QED) is 0.836. The maximum absolute atomic E-state index is 12.8. The Bertz CT molecular complexity index is 756. The summed E-state index contributed by atoms with van der Waals surface area (Å²) in [6.45, 7) is 0.810. The van der Waals surface area contributed by atoms with Crippen LogP contribution < -0.4 is 0 Å². The molecule has 1 amide bonds. The molecule has 132 valence electrons. The number of carbonyl (C=O) groups excluding carboxylic acids is 1. The van der Waals surface area contributed by atoms with E-state index >= 15 is 0 Å². The molecule has 2 heterocycles. The van der Waals surface area contributed by atoms with Crippen LogP contribution in [0.25, 0.3) is 11.4 Å². The number of benzene rings is 1. The third kappa shape index (κ3) is 3.03. The van der Waals surface area contributed by atoms with Crippen molar-refractivity contribution in [3.05, 3.63) is 35.7 Å². The second-order valence-corrected chi connectivity index (χ2v) is 6.73. The van der Waals surface area contributed by atoms with Gasteiger partial charge in [-0.2, -0.15) is 13.8 Å². The number of alkyl halides is 2. The molecule has 1 atom stereocenters. The summed E-state index contributed by atoms with van der Waals surface area (Å²) in [5.41, 5.74) is 1.15. The third-order valence-corrected chi connectivity index (χ3v) is 5.27. The van der Waals surface area contributed by atoms with Crippen LogP contribution in [0.3, 0.4) is 0 Å². The minimum absolute atomic E-state index is 0.0438. The lowest BCUT2D eigenvalue weighted by Crippen LogP contribution is -2.42. The normalized spacial score (nSPS) is 20.9. The second-order valence-electron chi connectivity index (χ2n) is 6.73. The highest BCUT2D eigenvalue weighted by Crippen LogP contribution is 2.37. The van der Waals surface area contributed by atoms with Crippen molar-refractivity contribution in [1.82, 2.24) is 15.0 Å². The fraction of sp³-hybridized carbons (Fsp3) is 0.500. The van der Waals surface area contributed by atoms with Crippen molar-refractivity contribution >= 4 is 5.91 Å². The van der Waals surface area contributed by atoms with Crippen molar-refractivity contribution in [1.29, 1.82) is 0 Å². The zero-order valence-corrected chi connectivity index (χ0v) is 13.7. The zero-order valence-electron chi connectivity index (χ0n) is 13.7. The van der Waals surface area contributed by atoms with Crippen molar-refractivity contribution in [3.8, 4) is 11.4 Å². The Hall–Kier alpha value is -2.31. The minimum atomic E-state index is -2.79. The molecule has 0 radical (unpaired) electrons. The number of rotatable bonds is 4. The van der Waals surface area contributed by atoms with Gasteiger partial charge in [0.25, 0.3) is 11.8 Å². The average Bonchev–Trinajstić information content (AvgIpc) is 3.22. The van der Waals surface area contributed by atoms with Crippen LogP contribution in [0.1, 0.15) is 54.8 Å². The number of amides is 1. The van der Waals surface area contributed by atoms with Crippen molar-refractivity contribution in [2.45, 2.75) is 44.6 Å². The Morgan fingerprint density at radius 2 is 1.92 bits per heavy atom. The Labute approximate surface area is 144 Å². The van der Waals surface area contributed by atoms with E-state index in [1.165, 1.54) is 19.3 Å². The molecule has 2 fully saturated rings. The topological polar surface area (TPSA) is 59.2 Å². The molecule has 1 aromatic carbocycles. The van der Waals surface area contributed by atoms with Gasteiger partial charge in [-0.1, -0.05) is 23.7 Å². The number of hydrogen-bond acceptors (Lipinski definition) is 4. The van der Waals surface area contributed by atoms with Gasteiger partial charge in [0.15, 0.2) is 0 Å². The molecule has 1 saturated heterocycles. The zero-order chi connectivity index (χ0) is 17.4. The van der Waals surface area contributed by atoms with Gasteiger partial charge < -0.3 is 9.42 Å². The fourth-order valence-corrected chi connectivity index (χ4v) is 3.73. The molecule has 1 saturated carbocycles. The summed E-state index contributed by atoms with van der Waals surface area (Å²) in [6, 6.07) is 7.11. The summed E-state index contributed by atoms with van der Waals surface area (Å²) in [7, 11) is 0. The van der Waals surface area contributed by atoms with E-state index in [2.05, 4.69) is 14.7 Å². The molecular weight excluding hydrogens is 328 g/mol. The summed E-state index contributed by atoms with van der Waals surface area (Å²) in [4.78, 5) is 18.5. The van der Waals surface area contributed by atoms with Gasteiger partial charge in [0.05, 0.1) is 0 Å². The minimum Gasteiger partial charge on any atom is -0.335 e. The molecule has 4 rings (SSSR count). The monoisotopic (exact) mass is 347 g/mol. The first kappa shape index (κ1) is 16.2. The van der Waals surface area contributed by atoms with E-state index in [-0.39, 0.29) is 11.7 Å². The van der Waals surface area contributed by atoms with Crippen LogP contribution >= 0.6 is 0 Å². The highest BCUT2D eigenvalue weighted by atomic mass is 19.3. The Morgan fingerprint density at radius 1 is 1.16 bits per heavy atom. The molecule has 0 N–H and O–H groups in total. The Morgan fingerprint density at radius 3 is 2.52 bits per heavy atom. The van der Waals surface area contributed by atoms with Crippen LogP contribution in [-0.4, -0.2) is 33.5 Å². The number of likely N-dealkylation sites (tertiary alicyclic amines) is 1. The number of halogens is 2. The van der Waals surface area contributed by atoms with E-state index < -0.39 is 12.3 Å². The van der Waals surface area contributed by atoms with Crippen LogP contribution in [0, 0.1) is 5.92 Å². The molecule has 2 aromatic rings. The van der Waals surface area contributed by atoms with Gasteiger partial charge in [-0.05, 0) is 43.7 Å². The van der Waals surface area contributed by atoms with E-state index in [0.717, 1.165) is 19.4 Å². The summed E-state index contributed by atoms with van der Waals surface area (Å²) in [5.74, 6) is 0.0959. The Kier molecular flexibility index (Phi) is 4.23. The van der Waals surface area contributed by atoms with Gasteiger partial charge in [0, 0.05) is 23.7 Å². The van der Waals surface area contributed by atoms with E-state index in [9.17, 15) is 13.6 Å². The molecular formula is C18H19F2N3O2. The van der Waals surface area contributed by atoms with Crippen molar-refractivity contribution in [2.75, 3.05) is 6.54 Å². The summed E-state index contributed by atoms with van der Waals surface area (Å²) >= 11 is 0. The first-order valence-corrected chi connectivity index (χ1v) is 8.66. The van der Waals surface area contributed by atoms with E-state index in [1.54, 1.807) is 24.3 Å². The van der Waals surface area contributed by atoms with E-state index in [0.29, 0.717) is 23.1 Å². The standard InChI is InChI=1S/C18H19F2N3O2/c19-15(20)17-21-16(22-25-17)12-6-8-13(9-7-12)18(24)23-10-2-5-14(23)11-3-1-4-11/h6-9,11,14-15H,1-5,10H2/t14-/m1/s1. The lowest BCUT2D eigenvalue weighted by Gasteiger charge is -2.37. The smallest absolute Gasteiger partial charge is 0.315 e. The predicted octanol–water partition coefficient (Wildman–Crippen LogP) is 4.08. The third-order valence-electron chi connectivity index (χ3n) is 5.27. The lowest BCUT2D eigenvalue weighted by molar-refractivity contribution is 0.0626. The largest absolute Gasteiger partial charge is 0.335 e. The van der Waals surface area contributed by atoms with E-state index in [1.807, 2.05) is 4.90 Å². The highest BCUT2D eigenvalue weighted by molar-refractivity contribution is 5.95. The maximum Gasteiger partial charge on any atom is 0.315 e. The maximum atomic E-state index is 12.8. The predicted molar refractivity (Wildman–Crippen MR) is 86.1 cm³/mol. The average molecular weight is 347 g/mol. The Balaban J connectivity index is 1.50. The molecule has 0 bridgehead atoms. The van der Waals surface area contributed by atoms with Crippen LogP contribution in [0.2, 0.25) is 0 Å². The SMILES string of the molecule is O=C(c1ccc(-c2noc(C(F)F)n2)cc1)N1CCC[C@@H]1C1CCC1. The molecule has 1 aliphatic carbocycles. The first-order chi connectivity index (χ1) is 12.1. The molecule has 2 aliphatic rings. The van der Waals surface area contributed by atoms with Crippen molar-refractivity contribution < 1.29 is 18.1 Å². The number of carbonyl (C=O) groups is 1. The molecule has 1 aliphatic heterocycles. The van der Waals surface area contributed by atoms with Crippen LogP contribution in [0.5, 0.6) is 0 Å². The van der Waals surface area contributed by atoms with E-state index in [4.69, 9.17) is 0 Å². The van der Waals surface area contributed by atoms with Gasteiger partial charge in [0.1, 0.15) is 0 Å². The van der Waals surface area contributed by atoms with Gasteiger partial charge >= 0.3 is 6.43 Å². The van der Waals surface area contributed by atoms with Gasteiger partial charge in [-0.3, -0.25) is 4.79 Å². The van der Waals surface area contributed by atoms with Crippen molar-refractivity contribution in [2.24, 2.45) is 5.92 Å². The van der Waals surface area contributed by atoms with Crippen LogP contribution in [-0.2, 0) is 0 Å². The molecule has 7 heteroatoms. The summed E-state index contributed by atoms with van der Waals surface area (Å²) in [6.07, 6.45) is 3.07. The molecule has 25 heavy (non-hydrogen) atoms. The van der Waals surface area contributed by atoms with Crippen molar-refractivity contribution in [3.63, 3.8) is 0 Å². The fourth-order valence-electron chi connectivity index (χ4n) is 3.73. The number of hydrogen-bond donors (Lipinski definition) is 0. The van der Waals surface area contributed by atoms with Crippen LogP contribution in [0.4, 0.5) is 8.78 Å². The van der Waals surface area contributed by atoms with Gasteiger partial charge in [0.2, 0.25) is 5.82 Å². The number of aromatic nitrogens is 2. The second kappa shape index (κ2) is 6.54. The first-order valence-electron chi connectivity index (χ1n) is 8.66. The highest BCUT2D eigenvalue weighted by Gasteiger charge is 2.37. The summed E-state index contributed by atoms with van der Waals surface area (Å²) < 4.78 is 29.6. The van der Waals surface area contributed by atoms with Gasteiger partial charge in [-0.15, -0.1) is 0 Å². The molecule has 0 spiro atoms. The summed E-state index contributed by atoms with van der Waals surface area (Å²) in [5, 5.41) is 3.55. The lowest BCUT2D eigenvalue weighted by atomic mass is 9.78.